The number of anilines is 1. The van der Waals surface area contributed by atoms with Crippen molar-refractivity contribution in [2.45, 2.75) is 20.0 Å². The van der Waals surface area contributed by atoms with Gasteiger partial charge in [0.1, 0.15) is 5.75 Å². The topological polar surface area (TPSA) is 73.9 Å². The molecule has 0 unspecified atom stereocenters. The van der Waals surface area contributed by atoms with Gasteiger partial charge in [0.25, 0.3) is 11.8 Å². The summed E-state index contributed by atoms with van der Waals surface area (Å²) in [6.07, 6.45) is 0.0651. The number of carbonyl (C=O) groups excluding carboxylic acids is 2. The lowest BCUT2D eigenvalue weighted by molar-refractivity contribution is 0.0664. The number of benzene rings is 2. The van der Waals surface area contributed by atoms with E-state index < -0.39 is 0 Å². The smallest absolute Gasteiger partial charge is 0.257 e. The quantitative estimate of drug-likeness (QED) is 0.697. The fraction of sp³-hybridized carbons (Fsp3) is 0.348. The maximum Gasteiger partial charge on any atom is 0.257 e. The zero-order valence-corrected chi connectivity index (χ0v) is 18.9. The molecule has 3 rings (SSSR count). The van der Waals surface area contributed by atoms with Crippen molar-refractivity contribution in [2.75, 3.05) is 38.5 Å². The first-order chi connectivity index (χ1) is 14.8. The highest BCUT2D eigenvalue weighted by Gasteiger charge is 2.20. The number of amides is 2. The van der Waals surface area contributed by atoms with E-state index in [1.165, 1.54) is 0 Å². The SMILES string of the molecule is CC(C)Oc1ccc(C(=O)NC(=S)Nc2cccc(C(=O)N3CCN(C)CC3)c2)cc1. The second-order valence-corrected chi connectivity index (χ2v) is 8.18. The molecule has 2 N–H and O–H groups in total. The number of hydrogen-bond acceptors (Lipinski definition) is 5. The molecule has 0 atom stereocenters. The molecule has 2 aromatic carbocycles. The van der Waals surface area contributed by atoms with Crippen LogP contribution in [-0.4, -0.2) is 66.1 Å². The molecule has 0 saturated carbocycles. The molecule has 164 valence electrons. The molecule has 0 aliphatic carbocycles. The van der Waals surface area contributed by atoms with E-state index in [1.54, 1.807) is 48.5 Å². The number of nitrogens with one attached hydrogen (secondary N) is 2. The van der Waals surface area contributed by atoms with Gasteiger partial charge >= 0.3 is 0 Å². The van der Waals surface area contributed by atoms with Crippen LogP contribution >= 0.6 is 12.2 Å². The van der Waals surface area contributed by atoms with Crippen LogP contribution in [0.15, 0.2) is 48.5 Å². The molecule has 1 aliphatic heterocycles. The standard InChI is InChI=1S/C23H28N4O3S/c1-16(2)30-20-9-7-17(8-10-20)21(28)25-23(31)24-19-6-4-5-18(15-19)22(29)27-13-11-26(3)12-14-27/h4-10,15-16H,11-14H2,1-3H3,(H2,24,25,28,31). The average Bonchev–Trinajstić information content (AvgIpc) is 2.74. The molecule has 31 heavy (non-hydrogen) atoms. The minimum absolute atomic E-state index is 0.00425. The Morgan fingerprint density at radius 1 is 1.00 bits per heavy atom. The van der Waals surface area contributed by atoms with Crippen LogP contribution in [0.25, 0.3) is 0 Å². The molecular formula is C23H28N4O3S. The van der Waals surface area contributed by atoms with Gasteiger partial charge in [0, 0.05) is 43.0 Å². The molecule has 0 bridgehead atoms. The normalized spacial score (nSPS) is 14.3. The first kappa shape index (κ1) is 22.7. The molecular weight excluding hydrogens is 412 g/mol. The van der Waals surface area contributed by atoms with Crippen molar-refractivity contribution in [3.63, 3.8) is 0 Å². The summed E-state index contributed by atoms with van der Waals surface area (Å²) in [6.45, 7) is 7.04. The number of piperazine rings is 1. The van der Waals surface area contributed by atoms with Crippen molar-refractivity contribution in [3.05, 3.63) is 59.7 Å². The predicted molar refractivity (Wildman–Crippen MR) is 126 cm³/mol. The number of carbonyl (C=O) groups is 2. The Labute approximate surface area is 188 Å². The van der Waals surface area contributed by atoms with Crippen LogP contribution in [0.3, 0.4) is 0 Å². The Morgan fingerprint density at radius 2 is 1.68 bits per heavy atom. The molecule has 1 heterocycles. The van der Waals surface area contributed by atoms with E-state index >= 15 is 0 Å². The lowest BCUT2D eigenvalue weighted by atomic mass is 10.1. The molecule has 2 amide bonds. The third-order valence-corrected chi connectivity index (χ3v) is 5.08. The predicted octanol–water partition coefficient (Wildman–Crippen LogP) is 2.99. The molecule has 8 heteroatoms. The summed E-state index contributed by atoms with van der Waals surface area (Å²) in [5.41, 5.74) is 1.70. The van der Waals surface area contributed by atoms with Gasteiger partial charge in [-0.1, -0.05) is 6.07 Å². The van der Waals surface area contributed by atoms with E-state index in [9.17, 15) is 9.59 Å². The number of likely N-dealkylation sites (N-methyl/N-ethyl adjacent to an activating group) is 1. The molecule has 7 nitrogen and oxygen atoms in total. The Morgan fingerprint density at radius 3 is 2.32 bits per heavy atom. The molecule has 0 spiro atoms. The zero-order valence-electron chi connectivity index (χ0n) is 18.1. The Hall–Kier alpha value is -2.97. The minimum Gasteiger partial charge on any atom is -0.491 e. The fourth-order valence-electron chi connectivity index (χ4n) is 3.22. The Kier molecular flexibility index (Phi) is 7.59. The van der Waals surface area contributed by atoms with Crippen LogP contribution in [-0.2, 0) is 0 Å². The van der Waals surface area contributed by atoms with E-state index in [1.807, 2.05) is 18.7 Å². The largest absolute Gasteiger partial charge is 0.491 e. The van der Waals surface area contributed by atoms with Gasteiger partial charge in [-0.3, -0.25) is 14.9 Å². The molecule has 0 radical (unpaired) electrons. The highest BCUT2D eigenvalue weighted by atomic mass is 32.1. The van der Waals surface area contributed by atoms with Crippen LogP contribution in [0.4, 0.5) is 5.69 Å². The molecule has 1 fully saturated rings. The molecule has 0 aromatic heterocycles. The summed E-state index contributed by atoms with van der Waals surface area (Å²) < 4.78 is 5.59. The van der Waals surface area contributed by atoms with Crippen molar-refractivity contribution in [1.82, 2.24) is 15.1 Å². The van der Waals surface area contributed by atoms with Gasteiger partial charge in [-0.2, -0.15) is 0 Å². The second-order valence-electron chi connectivity index (χ2n) is 7.78. The first-order valence-corrected chi connectivity index (χ1v) is 10.7. The second kappa shape index (κ2) is 10.4. The summed E-state index contributed by atoms with van der Waals surface area (Å²) in [5, 5.41) is 5.81. The summed E-state index contributed by atoms with van der Waals surface area (Å²) in [5.74, 6) is 0.378. The van der Waals surface area contributed by atoms with Crippen LogP contribution < -0.4 is 15.4 Å². The van der Waals surface area contributed by atoms with E-state index in [4.69, 9.17) is 17.0 Å². The van der Waals surface area contributed by atoms with Crippen LogP contribution in [0.2, 0.25) is 0 Å². The summed E-state index contributed by atoms with van der Waals surface area (Å²) in [4.78, 5) is 29.3. The fourth-order valence-corrected chi connectivity index (χ4v) is 3.43. The molecule has 1 saturated heterocycles. The third kappa shape index (κ3) is 6.50. The van der Waals surface area contributed by atoms with Crippen molar-refractivity contribution >= 4 is 34.8 Å². The summed E-state index contributed by atoms with van der Waals surface area (Å²) in [7, 11) is 2.05. The van der Waals surface area contributed by atoms with Gasteiger partial charge in [0.2, 0.25) is 0 Å². The van der Waals surface area contributed by atoms with Crippen LogP contribution in [0.5, 0.6) is 5.75 Å². The highest BCUT2D eigenvalue weighted by Crippen LogP contribution is 2.15. The number of nitrogens with zero attached hydrogens (tertiary/aromatic N) is 2. The van der Waals surface area contributed by atoms with E-state index in [0.717, 1.165) is 13.1 Å². The average molecular weight is 441 g/mol. The summed E-state index contributed by atoms with van der Waals surface area (Å²) in [6, 6.07) is 14.0. The van der Waals surface area contributed by atoms with Gasteiger partial charge in [0.15, 0.2) is 5.11 Å². The highest BCUT2D eigenvalue weighted by molar-refractivity contribution is 7.80. The number of rotatable bonds is 5. The number of hydrogen-bond donors (Lipinski definition) is 2. The maximum atomic E-state index is 12.8. The Balaban J connectivity index is 1.57. The lowest BCUT2D eigenvalue weighted by Crippen LogP contribution is -2.47. The van der Waals surface area contributed by atoms with Gasteiger partial charge < -0.3 is 19.9 Å². The van der Waals surface area contributed by atoms with Gasteiger partial charge in [-0.15, -0.1) is 0 Å². The van der Waals surface area contributed by atoms with E-state index in [2.05, 4.69) is 22.6 Å². The van der Waals surface area contributed by atoms with Crippen LogP contribution in [0.1, 0.15) is 34.6 Å². The van der Waals surface area contributed by atoms with Gasteiger partial charge in [-0.25, -0.2) is 0 Å². The van der Waals surface area contributed by atoms with Crippen molar-refractivity contribution in [3.8, 4) is 5.75 Å². The number of thiocarbonyl (C=S) groups is 1. The lowest BCUT2D eigenvalue weighted by Gasteiger charge is -2.32. The van der Waals surface area contributed by atoms with Crippen molar-refractivity contribution in [2.24, 2.45) is 0 Å². The van der Waals surface area contributed by atoms with Gasteiger partial charge in [-0.05, 0) is 75.6 Å². The zero-order chi connectivity index (χ0) is 22.4. The van der Waals surface area contributed by atoms with Crippen molar-refractivity contribution in [1.29, 1.82) is 0 Å². The van der Waals surface area contributed by atoms with Crippen molar-refractivity contribution < 1.29 is 14.3 Å². The van der Waals surface area contributed by atoms with E-state index in [0.29, 0.717) is 35.7 Å². The summed E-state index contributed by atoms with van der Waals surface area (Å²) >= 11 is 5.27. The molecule has 2 aromatic rings. The maximum absolute atomic E-state index is 12.8. The number of ether oxygens (including phenoxy) is 1. The Bertz CT molecular complexity index is 938. The first-order valence-electron chi connectivity index (χ1n) is 10.3. The third-order valence-electron chi connectivity index (χ3n) is 4.87. The molecule has 1 aliphatic rings. The monoisotopic (exact) mass is 440 g/mol. The van der Waals surface area contributed by atoms with E-state index in [-0.39, 0.29) is 23.0 Å². The van der Waals surface area contributed by atoms with Crippen LogP contribution in [0, 0.1) is 0 Å². The van der Waals surface area contributed by atoms with Gasteiger partial charge in [0.05, 0.1) is 6.10 Å². The minimum atomic E-state index is -0.321.